The fourth-order valence-corrected chi connectivity index (χ4v) is 1.51. The van der Waals surface area contributed by atoms with Crippen LogP contribution in [0.5, 0.6) is 0 Å². The number of aliphatic hydroxyl groups is 1. The maximum atomic E-state index is 9.19. The highest BCUT2D eigenvalue weighted by Gasteiger charge is 2.02. The monoisotopic (exact) mass is 190 g/mol. The lowest BCUT2D eigenvalue weighted by molar-refractivity contribution is 0.178. The molecule has 2 aromatic rings. The number of fused-ring (bicyclic) bond motifs is 1. The number of rotatable bonds is 3. The van der Waals surface area contributed by atoms with E-state index in [0.717, 1.165) is 24.0 Å². The van der Waals surface area contributed by atoms with Crippen LogP contribution in [0.15, 0.2) is 30.6 Å². The molecule has 1 aromatic carbocycles. The molecule has 1 aromatic heterocycles. The molecule has 1 heterocycles. The van der Waals surface area contributed by atoms with Crippen molar-refractivity contribution in [3.8, 4) is 0 Å². The largest absolute Gasteiger partial charge is 0.393 e. The van der Waals surface area contributed by atoms with Crippen LogP contribution in [0.4, 0.5) is 0 Å². The molecule has 1 atom stereocenters. The van der Waals surface area contributed by atoms with E-state index in [1.54, 1.807) is 6.92 Å². The topological polar surface area (TPSA) is 38.0 Å². The molecular formula is C11H14N2O. The summed E-state index contributed by atoms with van der Waals surface area (Å²) in [6.45, 7) is 2.62. The third-order valence-corrected chi connectivity index (χ3v) is 2.32. The van der Waals surface area contributed by atoms with Gasteiger partial charge >= 0.3 is 0 Å². The number of benzene rings is 1. The van der Waals surface area contributed by atoms with E-state index in [-0.39, 0.29) is 6.10 Å². The van der Waals surface area contributed by atoms with Crippen LogP contribution in [0.25, 0.3) is 11.0 Å². The van der Waals surface area contributed by atoms with Crippen LogP contribution in [0.3, 0.4) is 0 Å². The van der Waals surface area contributed by atoms with E-state index in [4.69, 9.17) is 0 Å². The molecule has 0 spiro atoms. The molecule has 1 N–H and O–H groups in total. The first-order valence-corrected chi connectivity index (χ1v) is 4.85. The summed E-state index contributed by atoms with van der Waals surface area (Å²) in [5.41, 5.74) is 2.14. The number of aliphatic hydroxyl groups excluding tert-OH is 1. The number of aromatic nitrogens is 2. The Kier molecular flexibility index (Phi) is 2.50. The lowest BCUT2D eigenvalue weighted by Crippen LogP contribution is -2.05. The Morgan fingerprint density at radius 1 is 1.43 bits per heavy atom. The van der Waals surface area contributed by atoms with Gasteiger partial charge in [0, 0.05) is 6.54 Å². The van der Waals surface area contributed by atoms with Crippen molar-refractivity contribution in [2.24, 2.45) is 0 Å². The normalized spacial score (nSPS) is 13.3. The summed E-state index contributed by atoms with van der Waals surface area (Å²) < 4.78 is 2.07. The minimum Gasteiger partial charge on any atom is -0.393 e. The van der Waals surface area contributed by atoms with Crippen LogP contribution in [0, 0.1) is 0 Å². The van der Waals surface area contributed by atoms with Gasteiger partial charge in [-0.05, 0) is 25.5 Å². The first-order valence-electron chi connectivity index (χ1n) is 4.85. The van der Waals surface area contributed by atoms with Gasteiger partial charge in [-0.25, -0.2) is 4.98 Å². The third kappa shape index (κ3) is 1.77. The zero-order chi connectivity index (χ0) is 9.97. The molecule has 0 amide bonds. The second kappa shape index (κ2) is 3.80. The number of aryl methyl sites for hydroxylation is 1. The Hall–Kier alpha value is -1.35. The Bertz CT molecular complexity index is 420. The van der Waals surface area contributed by atoms with Crippen LogP contribution < -0.4 is 0 Å². The van der Waals surface area contributed by atoms with Gasteiger partial charge in [0.2, 0.25) is 0 Å². The van der Waals surface area contributed by atoms with Crippen LogP contribution in [0.2, 0.25) is 0 Å². The predicted molar refractivity (Wildman–Crippen MR) is 56.0 cm³/mol. The van der Waals surface area contributed by atoms with Crippen molar-refractivity contribution in [1.29, 1.82) is 0 Å². The fraction of sp³-hybridized carbons (Fsp3) is 0.364. The standard InChI is InChI=1S/C11H14N2O/c1-9(14)6-7-13-8-12-10-4-2-3-5-11(10)13/h2-5,8-9,14H,6-7H2,1H3. The molecule has 14 heavy (non-hydrogen) atoms. The van der Waals surface area contributed by atoms with E-state index in [1.165, 1.54) is 0 Å². The number of imidazole rings is 1. The molecule has 0 aliphatic heterocycles. The quantitative estimate of drug-likeness (QED) is 0.801. The molecule has 3 heteroatoms. The SMILES string of the molecule is CC(O)CCn1cnc2ccccc21. The highest BCUT2D eigenvalue weighted by atomic mass is 16.3. The first kappa shape index (κ1) is 9.21. The Morgan fingerprint density at radius 2 is 2.21 bits per heavy atom. The number of nitrogens with zero attached hydrogens (tertiary/aromatic N) is 2. The Morgan fingerprint density at radius 3 is 3.00 bits per heavy atom. The van der Waals surface area contributed by atoms with Crippen molar-refractivity contribution < 1.29 is 5.11 Å². The van der Waals surface area contributed by atoms with Gasteiger partial charge in [0.1, 0.15) is 0 Å². The molecule has 0 fully saturated rings. The molecule has 1 unspecified atom stereocenters. The van der Waals surface area contributed by atoms with Crippen molar-refractivity contribution in [1.82, 2.24) is 9.55 Å². The van der Waals surface area contributed by atoms with Gasteiger partial charge in [0.05, 0.1) is 23.5 Å². The lowest BCUT2D eigenvalue weighted by Gasteiger charge is -2.05. The first-order chi connectivity index (χ1) is 6.77. The average Bonchev–Trinajstić information content (AvgIpc) is 2.58. The minimum absolute atomic E-state index is 0.254. The van der Waals surface area contributed by atoms with E-state index in [0.29, 0.717) is 0 Å². The molecule has 0 saturated heterocycles. The van der Waals surface area contributed by atoms with Gasteiger partial charge in [-0.2, -0.15) is 0 Å². The van der Waals surface area contributed by atoms with Crippen molar-refractivity contribution in [2.75, 3.05) is 0 Å². The second-order valence-corrected chi connectivity index (χ2v) is 3.56. The molecular weight excluding hydrogens is 176 g/mol. The maximum absolute atomic E-state index is 9.19. The Labute approximate surface area is 83.0 Å². The summed E-state index contributed by atoms with van der Waals surface area (Å²) in [7, 11) is 0. The summed E-state index contributed by atoms with van der Waals surface area (Å²) in [5, 5.41) is 9.19. The average molecular weight is 190 g/mol. The van der Waals surface area contributed by atoms with Crippen LogP contribution in [-0.4, -0.2) is 20.8 Å². The molecule has 0 saturated carbocycles. The maximum Gasteiger partial charge on any atom is 0.0958 e. The van der Waals surface area contributed by atoms with E-state index >= 15 is 0 Å². The van der Waals surface area contributed by atoms with Crippen molar-refractivity contribution >= 4 is 11.0 Å². The van der Waals surface area contributed by atoms with Crippen LogP contribution >= 0.6 is 0 Å². The fourth-order valence-electron chi connectivity index (χ4n) is 1.51. The van der Waals surface area contributed by atoms with Crippen molar-refractivity contribution in [3.63, 3.8) is 0 Å². The van der Waals surface area contributed by atoms with Gasteiger partial charge in [-0.1, -0.05) is 12.1 Å². The highest BCUT2D eigenvalue weighted by Crippen LogP contribution is 2.12. The number of hydrogen-bond donors (Lipinski definition) is 1. The summed E-state index contributed by atoms with van der Waals surface area (Å²) in [5.74, 6) is 0. The second-order valence-electron chi connectivity index (χ2n) is 3.56. The highest BCUT2D eigenvalue weighted by molar-refractivity contribution is 5.74. The zero-order valence-corrected chi connectivity index (χ0v) is 8.22. The van der Waals surface area contributed by atoms with Gasteiger partial charge in [0.15, 0.2) is 0 Å². The van der Waals surface area contributed by atoms with Crippen LogP contribution in [-0.2, 0) is 6.54 Å². The smallest absolute Gasteiger partial charge is 0.0958 e. The summed E-state index contributed by atoms with van der Waals surface area (Å²) >= 11 is 0. The third-order valence-electron chi connectivity index (χ3n) is 2.32. The number of para-hydroxylation sites is 2. The summed E-state index contributed by atoms with van der Waals surface area (Å²) in [4.78, 5) is 4.28. The molecule has 74 valence electrons. The predicted octanol–water partition coefficient (Wildman–Crippen LogP) is 1.81. The van der Waals surface area contributed by atoms with Crippen molar-refractivity contribution in [2.45, 2.75) is 26.0 Å². The zero-order valence-electron chi connectivity index (χ0n) is 8.22. The molecule has 0 bridgehead atoms. The Balaban J connectivity index is 2.25. The van der Waals surface area contributed by atoms with Gasteiger partial charge in [-0.15, -0.1) is 0 Å². The van der Waals surface area contributed by atoms with E-state index in [1.807, 2.05) is 30.6 Å². The minimum atomic E-state index is -0.254. The van der Waals surface area contributed by atoms with Gasteiger partial charge < -0.3 is 9.67 Å². The molecule has 0 aliphatic carbocycles. The van der Waals surface area contributed by atoms with Crippen LogP contribution in [0.1, 0.15) is 13.3 Å². The van der Waals surface area contributed by atoms with Crippen molar-refractivity contribution in [3.05, 3.63) is 30.6 Å². The molecule has 2 rings (SSSR count). The summed E-state index contributed by atoms with van der Waals surface area (Å²) in [6, 6.07) is 8.02. The van der Waals surface area contributed by atoms with Gasteiger partial charge in [-0.3, -0.25) is 0 Å². The summed E-state index contributed by atoms with van der Waals surface area (Å²) in [6.07, 6.45) is 2.34. The number of hydrogen-bond acceptors (Lipinski definition) is 2. The van der Waals surface area contributed by atoms with E-state index in [2.05, 4.69) is 9.55 Å². The molecule has 0 radical (unpaired) electrons. The van der Waals surface area contributed by atoms with E-state index in [9.17, 15) is 5.11 Å². The lowest BCUT2D eigenvalue weighted by atomic mass is 10.2. The van der Waals surface area contributed by atoms with E-state index < -0.39 is 0 Å². The molecule has 0 aliphatic rings. The van der Waals surface area contributed by atoms with Gasteiger partial charge in [0.25, 0.3) is 0 Å². The molecule has 3 nitrogen and oxygen atoms in total.